The van der Waals surface area contributed by atoms with Crippen LogP contribution < -0.4 is 5.32 Å². The van der Waals surface area contributed by atoms with Gasteiger partial charge in [-0.3, -0.25) is 4.79 Å². The van der Waals surface area contributed by atoms with Crippen molar-refractivity contribution in [3.8, 4) is 5.75 Å². The van der Waals surface area contributed by atoms with Crippen LogP contribution in [0.15, 0.2) is 18.2 Å². The van der Waals surface area contributed by atoms with Crippen LogP contribution in [0.25, 0.3) is 0 Å². The molecule has 1 amide bonds. The van der Waals surface area contributed by atoms with Crippen molar-refractivity contribution in [2.45, 2.75) is 84.0 Å². The van der Waals surface area contributed by atoms with E-state index in [0.717, 1.165) is 19.3 Å². The fourth-order valence-electron chi connectivity index (χ4n) is 2.96. The number of carboxylic acids is 1. The van der Waals surface area contributed by atoms with Gasteiger partial charge in [0.25, 0.3) is 0 Å². The summed E-state index contributed by atoms with van der Waals surface area (Å²) >= 11 is 0. The van der Waals surface area contributed by atoms with Crippen LogP contribution in [-0.4, -0.2) is 22.1 Å². The molecule has 0 unspecified atom stereocenters. The van der Waals surface area contributed by atoms with E-state index in [4.69, 9.17) is 5.11 Å². The predicted molar refractivity (Wildman–Crippen MR) is 105 cm³/mol. The van der Waals surface area contributed by atoms with Crippen molar-refractivity contribution in [3.63, 3.8) is 0 Å². The summed E-state index contributed by atoms with van der Waals surface area (Å²) in [6.07, 6.45) is 14.1. The molecule has 0 spiro atoms. The molecule has 3 N–H and O–H groups in total. The minimum Gasteiger partial charge on any atom is -0.507 e. The third-order valence-electron chi connectivity index (χ3n) is 4.52. The predicted octanol–water partition coefficient (Wildman–Crippen LogP) is 5.73. The van der Waals surface area contributed by atoms with E-state index in [-0.39, 0.29) is 17.2 Å². The molecule has 26 heavy (non-hydrogen) atoms. The quantitative estimate of drug-likeness (QED) is 0.368. The highest BCUT2D eigenvalue weighted by atomic mass is 16.4. The highest BCUT2D eigenvalue weighted by Gasteiger charge is 2.10. The van der Waals surface area contributed by atoms with Crippen LogP contribution in [0.3, 0.4) is 0 Å². The maximum atomic E-state index is 11.9. The Morgan fingerprint density at radius 1 is 0.885 bits per heavy atom. The number of aromatic hydroxyl groups is 1. The number of hydrogen-bond donors (Lipinski definition) is 3. The molecule has 0 heterocycles. The van der Waals surface area contributed by atoms with Gasteiger partial charge in [-0.1, -0.05) is 71.1 Å². The summed E-state index contributed by atoms with van der Waals surface area (Å²) in [5.74, 6) is -1.64. The lowest BCUT2D eigenvalue weighted by Crippen LogP contribution is -2.11. The fourth-order valence-corrected chi connectivity index (χ4v) is 2.96. The van der Waals surface area contributed by atoms with Crippen molar-refractivity contribution < 1.29 is 19.8 Å². The zero-order chi connectivity index (χ0) is 19.2. The molecule has 1 aromatic rings. The summed E-state index contributed by atoms with van der Waals surface area (Å²) in [7, 11) is 0. The molecule has 5 nitrogen and oxygen atoms in total. The number of benzene rings is 1. The SMILES string of the molecule is CCCCCCCCCCCCCC(=O)Nc1ccc(C(=O)O)c(O)c1. The Morgan fingerprint density at radius 3 is 1.92 bits per heavy atom. The minimum atomic E-state index is -1.19. The Kier molecular flexibility index (Phi) is 11.2. The number of nitrogens with one attached hydrogen (secondary N) is 1. The number of phenols is 1. The molecule has 0 aromatic heterocycles. The van der Waals surface area contributed by atoms with Gasteiger partial charge in [0.1, 0.15) is 11.3 Å². The molecular formula is C21H33NO4. The van der Waals surface area contributed by atoms with E-state index in [1.165, 1.54) is 69.6 Å². The normalized spacial score (nSPS) is 10.7. The molecule has 0 saturated carbocycles. The van der Waals surface area contributed by atoms with Crippen LogP contribution in [0.1, 0.15) is 94.3 Å². The van der Waals surface area contributed by atoms with Gasteiger partial charge in [0, 0.05) is 18.2 Å². The summed E-state index contributed by atoms with van der Waals surface area (Å²) in [5, 5.41) is 21.2. The average Bonchev–Trinajstić information content (AvgIpc) is 2.59. The maximum Gasteiger partial charge on any atom is 0.339 e. The Balaban J connectivity index is 2.07. The number of amides is 1. The first kappa shape index (κ1) is 22.0. The number of aromatic carboxylic acids is 1. The number of carbonyl (C=O) groups excluding carboxylic acids is 1. The molecule has 0 aliphatic rings. The van der Waals surface area contributed by atoms with Crippen LogP contribution in [0, 0.1) is 0 Å². The molecule has 5 heteroatoms. The largest absolute Gasteiger partial charge is 0.507 e. The summed E-state index contributed by atoms with van der Waals surface area (Å²) in [4.78, 5) is 22.7. The Labute approximate surface area is 156 Å². The van der Waals surface area contributed by atoms with Crippen molar-refractivity contribution in [3.05, 3.63) is 23.8 Å². The summed E-state index contributed by atoms with van der Waals surface area (Å²) < 4.78 is 0. The van der Waals surface area contributed by atoms with E-state index < -0.39 is 5.97 Å². The molecule has 0 fully saturated rings. The lowest BCUT2D eigenvalue weighted by molar-refractivity contribution is -0.116. The number of anilines is 1. The van der Waals surface area contributed by atoms with E-state index in [9.17, 15) is 14.7 Å². The van der Waals surface area contributed by atoms with Crippen molar-refractivity contribution >= 4 is 17.6 Å². The van der Waals surface area contributed by atoms with Gasteiger partial charge >= 0.3 is 5.97 Å². The molecule has 0 saturated heterocycles. The summed E-state index contributed by atoms with van der Waals surface area (Å²) in [6, 6.07) is 4.04. The third kappa shape index (κ3) is 9.44. The highest BCUT2D eigenvalue weighted by molar-refractivity contribution is 5.94. The van der Waals surface area contributed by atoms with Gasteiger partial charge in [-0.25, -0.2) is 4.79 Å². The molecule has 0 atom stereocenters. The lowest BCUT2D eigenvalue weighted by atomic mass is 10.1. The maximum absolute atomic E-state index is 11.9. The van der Waals surface area contributed by atoms with Gasteiger partial charge in [0.15, 0.2) is 0 Å². The first-order chi connectivity index (χ1) is 12.5. The first-order valence-corrected chi connectivity index (χ1v) is 9.90. The zero-order valence-electron chi connectivity index (χ0n) is 15.9. The lowest BCUT2D eigenvalue weighted by Gasteiger charge is -2.07. The van der Waals surface area contributed by atoms with Gasteiger partial charge in [0.2, 0.25) is 5.91 Å². The van der Waals surface area contributed by atoms with Gasteiger partial charge in [0.05, 0.1) is 0 Å². The van der Waals surface area contributed by atoms with Gasteiger partial charge < -0.3 is 15.5 Å². The molecule has 0 bridgehead atoms. The molecule has 0 aliphatic carbocycles. The van der Waals surface area contributed by atoms with Gasteiger partial charge in [-0.15, -0.1) is 0 Å². The second-order valence-electron chi connectivity index (χ2n) is 6.87. The molecular weight excluding hydrogens is 330 g/mol. The summed E-state index contributed by atoms with van der Waals surface area (Å²) in [5.41, 5.74) is 0.244. The van der Waals surface area contributed by atoms with E-state index >= 15 is 0 Å². The van der Waals surface area contributed by atoms with E-state index in [1.54, 1.807) is 0 Å². The highest BCUT2D eigenvalue weighted by Crippen LogP contribution is 2.22. The number of hydrogen-bond acceptors (Lipinski definition) is 3. The van der Waals surface area contributed by atoms with Crippen molar-refractivity contribution in [2.75, 3.05) is 5.32 Å². The first-order valence-electron chi connectivity index (χ1n) is 9.90. The number of unbranched alkanes of at least 4 members (excludes halogenated alkanes) is 10. The molecule has 0 radical (unpaired) electrons. The number of carboxylic acid groups (broad SMARTS) is 1. The smallest absolute Gasteiger partial charge is 0.339 e. The van der Waals surface area contributed by atoms with E-state index in [0.29, 0.717) is 12.1 Å². The summed E-state index contributed by atoms with van der Waals surface area (Å²) in [6.45, 7) is 2.24. The van der Waals surface area contributed by atoms with Crippen LogP contribution in [-0.2, 0) is 4.79 Å². The van der Waals surface area contributed by atoms with Crippen molar-refractivity contribution in [2.24, 2.45) is 0 Å². The Hall–Kier alpha value is -2.04. The fraction of sp³-hybridized carbons (Fsp3) is 0.619. The molecule has 0 aliphatic heterocycles. The van der Waals surface area contributed by atoms with Crippen LogP contribution >= 0.6 is 0 Å². The second-order valence-corrected chi connectivity index (χ2v) is 6.87. The standard InChI is InChI=1S/C21H33NO4/c1-2-3-4-5-6-7-8-9-10-11-12-13-20(24)22-17-14-15-18(21(25)26)19(23)16-17/h14-16,23H,2-13H2,1H3,(H,22,24)(H,25,26). The van der Waals surface area contributed by atoms with Crippen LogP contribution in [0.2, 0.25) is 0 Å². The van der Waals surface area contributed by atoms with Crippen LogP contribution in [0.5, 0.6) is 5.75 Å². The second kappa shape index (κ2) is 13.2. The van der Waals surface area contributed by atoms with Gasteiger partial charge in [-0.2, -0.15) is 0 Å². The van der Waals surface area contributed by atoms with Crippen molar-refractivity contribution in [1.29, 1.82) is 0 Å². The Morgan fingerprint density at radius 2 is 1.42 bits per heavy atom. The van der Waals surface area contributed by atoms with Crippen LogP contribution in [0.4, 0.5) is 5.69 Å². The Bertz CT molecular complexity index is 557. The average molecular weight is 363 g/mol. The van der Waals surface area contributed by atoms with E-state index in [1.807, 2.05) is 0 Å². The minimum absolute atomic E-state index is 0.108. The monoisotopic (exact) mass is 363 g/mol. The number of carbonyl (C=O) groups is 2. The van der Waals surface area contributed by atoms with E-state index in [2.05, 4.69) is 12.2 Å². The molecule has 1 aromatic carbocycles. The zero-order valence-corrected chi connectivity index (χ0v) is 15.9. The topological polar surface area (TPSA) is 86.6 Å². The van der Waals surface area contributed by atoms with Gasteiger partial charge in [-0.05, 0) is 18.6 Å². The number of rotatable bonds is 14. The third-order valence-corrected chi connectivity index (χ3v) is 4.52. The molecule has 1 rings (SSSR count). The molecule has 146 valence electrons. The van der Waals surface area contributed by atoms with Crippen molar-refractivity contribution in [1.82, 2.24) is 0 Å².